The lowest BCUT2D eigenvalue weighted by Gasteiger charge is -2.36. The molecule has 0 aliphatic carbocycles. The van der Waals surface area contributed by atoms with Crippen molar-refractivity contribution in [1.29, 1.82) is 0 Å². The number of likely N-dealkylation sites (tertiary alicyclic amines) is 2. The molecule has 2 aliphatic heterocycles. The fraction of sp³-hybridized carbons (Fsp3) is 0.542. The quantitative estimate of drug-likeness (QED) is 0.726. The summed E-state index contributed by atoms with van der Waals surface area (Å²) in [6.07, 6.45) is 5.07. The third-order valence-electron chi connectivity index (χ3n) is 6.38. The Labute approximate surface area is 178 Å². The zero-order chi connectivity index (χ0) is 20.1. The van der Waals surface area contributed by atoms with E-state index in [1.54, 1.807) is 11.3 Å². The Morgan fingerprint density at radius 2 is 1.93 bits per heavy atom. The van der Waals surface area contributed by atoms with Crippen LogP contribution in [0, 0.1) is 5.92 Å². The van der Waals surface area contributed by atoms with Crippen molar-refractivity contribution in [3.63, 3.8) is 0 Å². The van der Waals surface area contributed by atoms with Crippen molar-refractivity contribution in [3.05, 3.63) is 57.8 Å². The molecule has 5 heteroatoms. The van der Waals surface area contributed by atoms with Gasteiger partial charge in [-0.1, -0.05) is 25.1 Å². The summed E-state index contributed by atoms with van der Waals surface area (Å²) >= 11 is 1.79. The summed E-state index contributed by atoms with van der Waals surface area (Å²) in [5, 5.41) is 5.37. The van der Waals surface area contributed by atoms with E-state index in [2.05, 4.69) is 51.7 Å². The van der Waals surface area contributed by atoms with E-state index >= 15 is 0 Å². The molecular formula is C24H33N3OS. The molecule has 1 aromatic heterocycles. The van der Waals surface area contributed by atoms with Gasteiger partial charge in [-0.25, -0.2) is 0 Å². The standard InChI is InChI=1S/C24H33N3OS/c1-19-9-13-27(14-10-19)22(23-8-5-15-29-23)17-25-24(28)21-7-4-6-20(16-21)18-26-11-2-3-12-26/h4-8,15-16,19,22H,2-3,9-14,17-18H2,1H3,(H,25,28). The molecule has 0 bridgehead atoms. The molecule has 0 radical (unpaired) electrons. The van der Waals surface area contributed by atoms with Gasteiger partial charge in [-0.05, 0) is 86.9 Å². The second kappa shape index (κ2) is 9.88. The lowest BCUT2D eigenvalue weighted by molar-refractivity contribution is 0.0914. The van der Waals surface area contributed by atoms with E-state index in [1.807, 2.05) is 12.1 Å². The van der Waals surface area contributed by atoms with Crippen molar-refractivity contribution in [1.82, 2.24) is 15.1 Å². The molecule has 1 unspecified atom stereocenters. The summed E-state index contributed by atoms with van der Waals surface area (Å²) in [6.45, 7) is 8.54. The summed E-state index contributed by atoms with van der Waals surface area (Å²) in [5.74, 6) is 0.850. The van der Waals surface area contributed by atoms with Gasteiger partial charge in [0.05, 0.1) is 6.04 Å². The van der Waals surface area contributed by atoms with E-state index in [0.717, 1.165) is 31.1 Å². The Kier molecular flexibility index (Phi) is 7.01. The molecule has 3 heterocycles. The minimum Gasteiger partial charge on any atom is -0.350 e. The van der Waals surface area contributed by atoms with Crippen molar-refractivity contribution in [2.24, 2.45) is 5.92 Å². The molecule has 0 spiro atoms. The lowest BCUT2D eigenvalue weighted by Crippen LogP contribution is -2.41. The average Bonchev–Trinajstić information content (AvgIpc) is 3.44. The molecule has 1 N–H and O–H groups in total. The highest BCUT2D eigenvalue weighted by Gasteiger charge is 2.26. The Morgan fingerprint density at radius 3 is 2.66 bits per heavy atom. The second-order valence-corrected chi connectivity index (χ2v) is 9.62. The first-order valence-electron chi connectivity index (χ1n) is 11.1. The number of thiophene rings is 1. The normalized spacial score (nSPS) is 20.0. The average molecular weight is 412 g/mol. The monoisotopic (exact) mass is 411 g/mol. The van der Waals surface area contributed by atoms with Gasteiger partial charge in [-0.2, -0.15) is 0 Å². The Balaban J connectivity index is 1.38. The molecule has 1 atom stereocenters. The number of nitrogens with zero attached hydrogens (tertiary/aromatic N) is 2. The summed E-state index contributed by atoms with van der Waals surface area (Å²) in [4.78, 5) is 19.3. The number of nitrogens with one attached hydrogen (secondary N) is 1. The molecule has 2 fully saturated rings. The van der Waals surface area contributed by atoms with Crippen LogP contribution in [0.25, 0.3) is 0 Å². The number of hydrogen-bond donors (Lipinski definition) is 1. The maximum atomic E-state index is 12.9. The molecule has 2 saturated heterocycles. The van der Waals surface area contributed by atoms with Crippen LogP contribution in [0.2, 0.25) is 0 Å². The Hall–Kier alpha value is -1.69. The fourth-order valence-corrected chi connectivity index (χ4v) is 5.39. The highest BCUT2D eigenvalue weighted by Crippen LogP contribution is 2.29. The van der Waals surface area contributed by atoms with E-state index in [-0.39, 0.29) is 11.9 Å². The van der Waals surface area contributed by atoms with Gasteiger partial charge in [0.1, 0.15) is 0 Å². The van der Waals surface area contributed by atoms with Crippen molar-refractivity contribution >= 4 is 17.2 Å². The van der Waals surface area contributed by atoms with Crippen molar-refractivity contribution in [2.45, 2.75) is 45.2 Å². The highest BCUT2D eigenvalue weighted by molar-refractivity contribution is 7.10. The summed E-state index contributed by atoms with van der Waals surface area (Å²) < 4.78 is 0. The molecule has 0 saturated carbocycles. The summed E-state index contributed by atoms with van der Waals surface area (Å²) in [5.41, 5.74) is 2.01. The second-order valence-electron chi connectivity index (χ2n) is 8.64. The fourth-order valence-electron chi connectivity index (χ4n) is 4.53. The van der Waals surface area contributed by atoms with Crippen LogP contribution in [-0.2, 0) is 6.54 Å². The van der Waals surface area contributed by atoms with Gasteiger partial charge in [0, 0.05) is 23.5 Å². The van der Waals surface area contributed by atoms with Gasteiger partial charge < -0.3 is 5.32 Å². The van der Waals surface area contributed by atoms with Crippen LogP contribution < -0.4 is 5.32 Å². The number of carbonyl (C=O) groups excluding carboxylic acids is 1. The van der Waals surface area contributed by atoms with Crippen LogP contribution in [0.15, 0.2) is 41.8 Å². The van der Waals surface area contributed by atoms with E-state index in [1.165, 1.54) is 49.2 Å². The number of carbonyl (C=O) groups is 1. The lowest BCUT2D eigenvalue weighted by atomic mass is 9.97. The van der Waals surface area contributed by atoms with Crippen molar-refractivity contribution in [3.8, 4) is 0 Å². The molecule has 1 amide bonds. The smallest absolute Gasteiger partial charge is 0.251 e. The first-order chi connectivity index (χ1) is 14.2. The largest absolute Gasteiger partial charge is 0.350 e. The minimum atomic E-state index is 0.0419. The van der Waals surface area contributed by atoms with Gasteiger partial charge >= 0.3 is 0 Å². The molecular weight excluding hydrogens is 378 g/mol. The van der Waals surface area contributed by atoms with E-state index in [0.29, 0.717) is 6.54 Å². The summed E-state index contributed by atoms with van der Waals surface area (Å²) in [7, 11) is 0. The van der Waals surface area contributed by atoms with Gasteiger partial charge in [0.25, 0.3) is 5.91 Å². The maximum absolute atomic E-state index is 12.9. The van der Waals surface area contributed by atoms with Crippen LogP contribution in [0.5, 0.6) is 0 Å². The van der Waals surface area contributed by atoms with Crippen LogP contribution in [0.1, 0.15) is 59.4 Å². The number of benzene rings is 1. The highest BCUT2D eigenvalue weighted by atomic mass is 32.1. The third-order valence-corrected chi connectivity index (χ3v) is 7.35. The number of rotatable bonds is 7. The molecule has 2 aromatic rings. The molecule has 29 heavy (non-hydrogen) atoms. The molecule has 156 valence electrons. The topological polar surface area (TPSA) is 35.6 Å². The van der Waals surface area contributed by atoms with E-state index in [9.17, 15) is 4.79 Å². The predicted octanol–water partition coefficient (Wildman–Crippen LogP) is 4.55. The SMILES string of the molecule is CC1CCN(C(CNC(=O)c2cccc(CN3CCCC3)c2)c2cccs2)CC1. The van der Waals surface area contributed by atoms with Crippen molar-refractivity contribution < 1.29 is 4.79 Å². The van der Waals surface area contributed by atoms with Crippen molar-refractivity contribution in [2.75, 3.05) is 32.7 Å². The van der Waals surface area contributed by atoms with Gasteiger partial charge in [-0.3, -0.25) is 14.6 Å². The summed E-state index contributed by atoms with van der Waals surface area (Å²) in [6, 6.07) is 12.8. The van der Waals surface area contributed by atoms with E-state index in [4.69, 9.17) is 0 Å². The first kappa shape index (κ1) is 20.6. The number of hydrogen-bond acceptors (Lipinski definition) is 4. The van der Waals surface area contributed by atoms with Crippen LogP contribution in [-0.4, -0.2) is 48.4 Å². The van der Waals surface area contributed by atoms with Crippen LogP contribution >= 0.6 is 11.3 Å². The zero-order valence-electron chi connectivity index (χ0n) is 17.5. The molecule has 4 nitrogen and oxygen atoms in total. The zero-order valence-corrected chi connectivity index (χ0v) is 18.3. The van der Waals surface area contributed by atoms with Gasteiger partial charge in [-0.15, -0.1) is 11.3 Å². The first-order valence-corrected chi connectivity index (χ1v) is 11.9. The number of piperidine rings is 1. The Morgan fingerprint density at radius 1 is 1.14 bits per heavy atom. The Bertz CT molecular complexity index is 777. The van der Waals surface area contributed by atoms with Crippen LogP contribution in [0.4, 0.5) is 0 Å². The molecule has 2 aliphatic rings. The van der Waals surface area contributed by atoms with Gasteiger partial charge in [0.2, 0.25) is 0 Å². The minimum absolute atomic E-state index is 0.0419. The molecule has 1 aromatic carbocycles. The van der Waals surface area contributed by atoms with E-state index < -0.39 is 0 Å². The third kappa shape index (κ3) is 5.47. The van der Waals surface area contributed by atoms with Gasteiger partial charge in [0.15, 0.2) is 0 Å². The maximum Gasteiger partial charge on any atom is 0.251 e. The number of amides is 1. The molecule has 4 rings (SSSR count). The van der Waals surface area contributed by atoms with Crippen LogP contribution in [0.3, 0.4) is 0 Å². The predicted molar refractivity (Wildman–Crippen MR) is 120 cm³/mol.